The van der Waals surface area contributed by atoms with Crippen molar-refractivity contribution in [2.75, 3.05) is 0 Å². The van der Waals surface area contributed by atoms with Crippen molar-refractivity contribution in [1.29, 1.82) is 0 Å². The molecule has 0 saturated heterocycles. The summed E-state index contributed by atoms with van der Waals surface area (Å²) in [5, 5.41) is 8.21. The van der Waals surface area contributed by atoms with E-state index in [0.717, 1.165) is 4.57 Å². The maximum absolute atomic E-state index is 12.6. The number of carboxylic acids is 1. The van der Waals surface area contributed by atoms with E-state index in [1.165, 1.54) is 18.3 Å². The molecular formula is C7H6ClF2NO2. The zero-order chi connectivity index (χ0) is 10.1. The summed E-state index contributed by atoms with van der Waals surface area (Å²) < 4.78 is 26.2. The summed E-state index contributed by atoms with van der Waals surface area (Å²) in [5.41, 5.74) is 0. The number of carbonyl (C=O) groups is 1. The van der Waals surface area contributed by atoms with Crippen molar-refractivity contribution in [3.63, 3.8) is 0 Å². The van der Waals surface area contributed by atoms with E-state index in [1.807, 2.05) is 0 Å². The van der Waals surface area contributed by atoms with E-state index < -0.39 is 18.4 Å². The van der Waals surface area contributed by atoms with Crippen molar-refractivity contribution >= 4 is 17.6 Å². The molecule has 0 saturated carbocycles. The van der Waals surface area contributed by atoms with Gasteiger partial charge in [0.15, 0.2) is 0 Å². The average Bonchev–Trinajstić information content (AvgIpc) is 2.35. The second kappa shape index (κ2) is 3.33. The van der Waals surface area contributed by atoms with Crippen LogP contribution in [0.15, 0.2) is 18.3 Å². The molecule has 13 heavy (non-hydrogen) atoms. The molecule has 1 heterocycles. The zero-order valence-electron chi connectivity index (χ0n) is 6.38. The Bertz CT molecular complexity index is 324. The molecule has 0 atom stereocenters. The van der Waals surface area contributed by atoms with Crippen LogP contribution in [-0.4, -0.2) is 21.6 Å². The number of alkyl halides is 2. The van der Waals surface area contributed by atoms with Gasteiger partial charge in [-0.1, -0.05) is 11.6 Å². The fraction of sp³-hybridized carbons (Fsp3) is 0.286. The predicted octanol–water partition coefficient (Wildman–Crippen LogP) is 1.86. The Balaban J connectivity index is 2.80. The first-order chi connectivity index (χ1) is 5.93. The third-order valence-electron chi connectivity index (χ3n) is 1.46. The molecule has 6 heteroatoms. The van der Waals surface area contributed by atoms with Gasteiger partial charge >= 0.3 is 11.9 Å². The summed E-state index contributed by atoms with van der Waals surface area (Å²) >= 11 is 5.49. The summed E-state index contributed by atoms with van der Waals surface area (Å²) in [6, 6.07) is 2.86. The summed E-state index contributed by atoms with van der Waals surface area (Å²) in [6.07, 6.45) is 1.29. The Kier molecular flexibility index (Phi) is 2.56. The van der Waals surface area contributed by atoms with Gasteiger partial charge < -0.3 is 9.67 Å². The maximum atomic E-state index is 12.6. The molecule has 0 aliphatic carbocycles. The van der Waals surface area contributed by atoms with Crippen LogP contribution in [0.2, 0.25) is 5.15 Å². The third-order valence-corrected chi connectivity index (χ3v) is 1.80. The molecule has 1 N–H and O–H groups in total. The molecule has 0 aliphatic rings. The highest BCUT2D eigenvalue weighted by atomic mass is 35.5. The highest BCUT2D eigenvalue weighted by molar-refractivity contribution is 6.29. The van der Waals surface area contributed by atoms with E-state index in [9.17, 15) is 13.6 Å². The van der Waals surface area contributed by atoms with E-state index in [4.69, 9.17) is 16.7 Å². The molecule has 0 unspecified atom stereocenters. The summed E-state index contributed by atoms with van der Waals surface area (Å²) in [6.45, 7) is -0.950. The minimum absolute atomic E-state index is 0.0842. The molecule has 0 aromatic carbocycles. The lowest BCUT2D eigenvalue weighted by Crippen LogP contribution is -2.33. The van der Waals surface area contributed by atoms with Crippen molar-refractivity contribution in [3.05, 3.63) is 23.5 Å². The number of carboxylic acid groups (broad SMARTS) is 1. The summed E-state index contributed by atoms with van der Waals surface area (Å²) in [5.74, 6) is -5.94. The molecule has 1 aromatic heterocycles. The minimum Gasteiger partial charge on any atom is -0.477 e. The number of hydrogen-bond acceptors (Lipinski definition) is 1. The van der Waals surface area contributed by atoms with E-state index in [-0.39, 0.29) is 5.15 Å². The Morgan fingerprint density at radius 2 is 2.31 bits per heavy atom. The van der Waals surface area contributed by atoms with Gasteiger partial charge in [-0.25, -0.2) is 4.79 Å². The molecule has 0 aliphatic heterocycles. The van der Waals surface area contributed by atoms with Gasteiger partial charge in [0.05, 0.1) is 6.54 Å². The number of halogens is 3. The third kappa shape index (κ3) is 2.18. The Hall–Kier alpha value is -1.10. The van der Waals surface area contributed by atoms with E-state index in [0.29, 0.717) is 0 Å². The van der Waals surface area contributed by atoms with Gasteiger partial charge in [0.25, 0.3) is 0 Å². The lowest BCUT2D eigenvalue weighted by atomic mass is 10.3. The van der Waals surface area contributed by atoms with Crippen molar-refractivity contribution in [1.82, 2.24) is 4.57 Å². The van der Waals surface area contributed by atoms with Crippen LogP contribution in [-0.2, 0) is 11.3 Å². The average molecular weight is 210 g/mol. The number of rotatable bonds is 3. The van der Waals surface area contributed by atoms with Gasteiger partial charge in [0, 0.05) is 6.20 Å². The van der Waals surface area contributed by atoms with Crippen LogP contribution in [0.3, 0.4) is 0 Å². The molecule has 1 rings (SSSR count). The topological polar surface area (TPSA) is 42.2 Å². The molecule has 0 spiro atoms. The van der Waals surface area contributed by atoms with Crippen LogP contribution >= 0.6 is 11.6 Å². The van der Waals surface area contributed by atoms with E-state index in [1.54, 1.807) is 0 Å². The quantitative estimate of drug-likeness (QED) is 0.826. The zero-order valence-corrected chi connectivity index (χ0v) is 7.13. The second-order valence-electron chi connectivity index (χ2n) is 2.47. The van der Waals surface area contributed by atoms with Gasteiger partial charge in [-0.05, 0) is 12.1 Å². The lowest BCUT2D eigenvalue weighted by molar-refractivity contribution is -0.166. The van der Waals surface area contributed by atoms with Gasteiger partial charge in [-0.15, -0.1) is 0 Å². The number of aromatic nitrogens is 1. The second-order valence-corrected chi connectivity index (χ2v) is 2.86. The van der Waals surface area contributed by atoms with Crippen molar-refractivity contribution in [3.8, 4) is 0 Å². The van der Waals surface area contributed by atoms with Crippen molar-refractivity contribution in [2.45, 2.75) is 12.5 Å². The highest BCUT2D eigenvalue weighted by Gasteiger charge is 2.39. The van der Waals surface area contributed by atoms with Crippen molar-refractivity contribution in [2.24, 2.45) is 0 Å². The summed E-state index contributed by atoms with van der Waals surface area (Å²) in [7, 11) is 0. The first kappa shape index (κ1) is 9.98. The van der Waals surface area contributed by atoms with Gasteiger partial charge in [0.2, 0.25) is 0 Å². The normalized spacial score (nSPS) is 11.6. The van der Waals surface area contributed by atoms with Gasteiger partial charge in [0.1, 0.15) is 5.15 Å². The first-order valence-corrected chi connectivity index (χ1v) is 3.73. The Morgan fingerprint density at radius 1 is 1.69 bits per heavy atom. The highest BCUT2D eigenvalue weighted by Crippen LogP contribution is 2.19. The number of nitrogens with zero attached hydrogens (tertiary/aromatic N) is 1. The number of hydrogen-bond donors (Lipinski definition) is 1. The molecular weight excluding hydrogens is 204 g/mol. The molecule has 0 radical (unpaired) electrons. The SMILES string of the molecule is O=C(O)C(F)(F)Cn1cccc1Cl. The maximum Gasteiger partial charge on any atom is 0.376 e. The van der Waals surface area contributed by atoms with E-state index in [2.05, 4.69) is 0 Å². The van der Waals surface area contributed by atoms with Gasteiger partial charge in [-0.2, -0.15) is 8.78 Å². The molecule has 1 aromatic rings. The Morgan fingerprint density at radius 3 is 2.69 bits per heavy atom. The van der Waals surface area contributed by atoms with Crippen LogP contribution in [0.5, 0.6) is 0 Å². The largest absolute Gasteiger partial charge is 0.477 e. The minimum atomic E-state index is -3.79. The first-order valence-electron chi connectivity index (χ1n) is 3.35. The molecule has 0 fully saturated rings. The fourth-order valence-electron chi connectivity index (χ4n) is 0.803. The summed E-state index contributed by atoms with van der Waals surface area (Å²) in [4.78, 5) is 10.1. The molecule has 72 valence electrons. The van der Waals surface area contributed by atoms with Crippen LogP contribution in [0, 0.1) is 0 Å². The van der Waals surface area contributed by atoms with Crippen LogP contribution < -0.4 is 0 Å². The van der Waals surface area contributed by atoms with Crippen molar-refractivity contribution < 1.29 is 18.7 Å². The fourth-order valence-corrected chi connectivity index (χ4v) is 0.992. The van der Waals surface area contributed by atoms with Crippen LogP contribution in [0.25, 0.3) is 0 Å². The standard InChI is InChI=1S/C7H6ClF2NO2/c8-5-2-1-3-11(5)4-7(9,10)6(12)13/h1-3H,4H2,(H,12,13). The predicted molar refractivity (Wildman–Crippen MR) is 42.0 cm³/mol. The Labute approximate surface area is 77.5 Å². The van der Waals surface area contributed by atoms with Crippen LogP contribution in [0.4, 0.5) is 8.78 Å². The lowest BCUT2D eigenvalue weighted by Gasteiger charge is -2.12. The van der Waals surface area contributed by atoms with E-state index >= 15 is 0 Å². The number of aliphatic carboxylic acids is 1. The molecule has 0 bridgehead atoms. The molecule has 0 amide bonds. The van der Waals surface area contributed by atoms with Crippen LogP contribution in [0.1, 0.15) is 0 Å². The smallest absolute Gasteiger partial charge is 0.376 e. The monoisotopic (exact) mass is 209 g/mol. The van der Waals surface area contributed by atoms with Gasteiger partial charge in [-0.3, -0.25) is 0 Å². The molecule has 3 nitrogen and oxygen atoms in total.